The number of halogens is 3. The molecule has 3 aromatic carbocycles. The number of carbonyl (C=O) groups excluding carboxylic acids is 2. The number of nitrogens with zero attached hydrogens (tertiary/aromatic N) is 3. The van der Waals surface area contributed by atoms with Gasteiger partial charge in [-0.15, -0.1) is 0 Å². The van der Waals surface area contributed by atoms with Gasteiger partial charge in [0.2, 0.25) is 11.8 Å². The molecule has 0 saturated carbocycles. The van der Waals surface area contributed by atoms with E-state index in [-0.39, 0.29) is 23.7 Å². The number of rotatable bonds is 4. The van der Waals surface area contributed by atoms with Crippen LogP contribution in [-0.4, -0.2) is 28.4 Å². The summed E-state index contributed by atoms with van der Waals surface area (Å²) in [4.78, 5) is 34.6. The molecule has 9 heteroatoms. The topological polar surface area (TPSA) is 73.7 Å². The summed E-state index contributed by atoms with van der Waals surface area (Å²) >= 11 is 0. The number of para-hydroxylation sites is 1. The van der Waals surface area contributed by atoms with Gasteiger partial charge in [-0.05, 0) is 72.6 Å². The summed E-state index contributed by atoms with van der Waals surface area (Å²) in [7, 11) is 0. The van der Waals surface area contributed by atoms with Crippen LogP contribution in [0.15, 0.2) is 91.3 Å². The van der Waals surface area contributed by atoms with Gasteiger partial charge >= 0.3 is 6.18 Å². The molecule has 1 N–H and O–H groups in total. The molecule has 38 heavy (non-hydrogen) atoms. The highest BCUT2D eigenvalue weighted by Gasteiger charge is 2.43. The first kappa shape index (κ1) is 25.0. The number of fused-ring (bicyclic) bond motifs is 1. The van der Waals surface area contributed by atoms with Gasteiger partial charge in [0.15, 0.2) is 0 Å². The maximum atomic E-state index is 14.2. The van der Waals surface area contributed by atoms with Crippen LogP contribution in [0, 0.1) is 0 Å². The van der Waals surface area contributed by atoms with Crippen LogP contribution in [0.4, 0.5) is 30.2 Å². The van der Waals surface area contributed by atoms with Crippen LogP contribution in [0.25, 0.3) is 11.1 Å². The molecule has 1 unspecified atom stereocenters. The fourth-order valence-corrected chi connectivity index (χ4v) is 4.69. The van der Waals surface area contributed by atoms with Gasteiger partial charge < -0.3 is 10.0 Å². The number of benzene rings is 3. The molecule has 192 valence electrons. The highest BCUT2D eigenvalue weighted by Crippen LogP contribution is 2.45. The van der Waals surface area contributed by atoms with Gasteiger partial charge in [0.1, 0.15) is 11.7 Å². The number of amides is 2. The number of hydrogen-bond donors (Lipinski definition) is 1. The van der Waals surface area contributed by atoms with Crippen LogP contribution >= 0.6 is 0 Å². The molecule has 1 aliphatic heterocycles. The maximum absolute atomic E-state index is 14.2. The molecule has 1 aliphatic rings. The molecule has 1 aromatic heterocycles. The number of pyridine rings is 1. The fourth-order valence-electron chi connectivity index (χ4n) is 4.69. The van der Waals surface area contributed by atoms with Gasteiger partial charge in [0, 0.05) is 30.2 Å². The third-order valence-electron chi connectivity index (χ3n) is 6.49. The zero-order valence-electron chi connectivity index (χ0n) is 20.2. The Hall–Kier alpha value is -4.66. The monoisotopic (exact) mass is 517 g/mol. The molecule has 5 rings (SSSR count). The van der Waals surface area contributed by atoms with Crippen molar-refractivity contribution in [2.45, 2.75) is 19.0 Å². The number of phenols is 1. The normalized spacial score (nSPS) is 15.8. The summed E-state index contributed by atoms with van der Waals surface area (Å²) in [6.07, 6.45) is -1.55. The van der Waals surface area contributed by atoms with Crippen molar-refractivity contribution in [3.8, 4) is 16.9 Å². The van der Waals surface area contributed by atoms with Crippen molar-refractivity contribution in [1.82, 2.24) is 4.98 Å². The second kappa shape index (κ2) is 9.66. The fraction of sp³-hybridized carbons (Fsp3) is 0.138. The largest absolute Gasteiger partial charge is 0.507 e. The molecule has 0 bridgehead atoms. The summed E-state index contributed by atoms with van der Waals surface area (Å²) < 4.78 is 41.1. The van der Waals surface area contributed by atoms with Crippen molar-refractivity contribution in [1.29, 1.82) is 0 Å². The van der Waals surface area contributed by atoms with Crippen molar-refractivity contribution in [2.75, 3.05) is 16.3 Å². The predicted octanol–water partition coefficient (Wildman–Crippen LogP) is 6.29. The van der Waals surface area contributed by atoms with E-state index in [1.54, 1.807) is 67.8 Å². The number of likely N-dealkylation sites (N-methyl/N-ethyl adjacent to an activating group) is 1. The van der Waals surface area contributed by atoms with Crippen LogP contribution in [0.1, 0.15) is 24.0 Å². The minimum Gasteiger partial charge on any atom is -0.507 e. The van der Waals surface area contributed by atoms with Gasteiger partial charge in [0.25, 0.3) is 0 Å². The Labute approximate surface area is 216 Å². The predicted molar refractivity (Wildman–Crippen MR) is 137 cm³/mol. The molecular weight excluding hydrogens is 495 g/mol. The van der Waals surface area contributed by atoms with E-state index in [1.807, 2.05) is 0 Å². The lowest BCUT2D eigenvalue weighted by Crippen LogP contribution is -2.39. The van der Waals surface area contributed by atoms with Crippen molar-refractivity contribution >= 4 is 28.9 Å². The second-order valence-electron chi connectivity index (χ2n) is 8.74. The Morgan fingerprint density at radius 2 is 1.58 bits per heavy atom. The SMILES string of the molecule is CCN1C(=O)C(c2ccc(O)c(-c3ccncc3)c2)C(=O)N(c2ccccc2)c2cc(C(F)(F)F)ccc21. The zero-order valence-corrected chi connectivity index (χ0v) is 20.2. The van der Waals surface area contributed by atoms with Crippen molar-refractivity contribution < 1.29 is 27.9 Å². The highest BCUT2D eigenvalue weighted by atomic mass is 19.4. The van der Waals surface area contributed by atoms with Gasteiger partial charge in [-0.25, -0.2) is 0 Å². The van der Waals surface area contributed by atoms with E-state index in [0.717, 1.165) is 12.1 Å². The maximum Gasteiger partial charge on any atom is 0.416 e. The summed E-state index contributed by atoms with van der Waals surface area (Å²) in [5.41, 5.74) is 0.853. The zero-order chi connectivity index (χ0) is 27.0. The van der Waals surface area contributed by atoms with Crippen LogP contribution in [0.3, 0.4) is 0 Å². The van der Waals surface area contributed by atoms with E-state index in [9.17, 15) is 27.9 Å². The summed E-state index contributed by atoms with van der Waals surface area (Å²) in [5.74, 6) is -2.72. The molecule has 0 fully saturated rings. The number of carbonyl (C=O) groups is 2. The molecule has 4 aromatic rings. The first-order valence-electron chi connectivity index (χ1n) is 11.9. The first-order valence-corrected chi connectivity index (χ1v) is 11.9. The lowest BCUT2D eigenvalue weighted by molar-refractivity contribution is -0.137. The number of alkyl halides is 3. The Kier molecular flexibility index (Phi) is 6.36. The first-order chi connectivity index (χ1) is 18.2. The van der Waals surface area contributed by atoms with Crippen LogP contribution in [0.5, 0.6) is 5.75 Å². The highest BCUT2D eigenvalue weighted by molar-refractivity contribution is 6.23. The quantitative estimate of drug-likeness (QED) is 0.323. The average Bonchev–Trinajstić information content (AvgIpc) is 3.00. The third kappa shape index (κ3) is 4.36. The number of anilines is 3. The van der Waals surface area contributed by atoms with E-state index in [1.165, 1.54) is 28.0 Å². The van der Waals surface area contributed by atoms with E-state index in [4.69, 9.17) is 0 Å². The lowest BCUT2D eigenvalue weighted by atomic mass is 9.92. The van der Waals surface area contributed by atoms with Crippen molar-refractivity contribution in [2.24, 2.45) is 0 Å². The molecule has 2 heterocycles. The molecule has 0 spiro atoms. The van der Waals surface area contributed by atoms with Crippen molar-refractivity contribution in [3.05, 3.63) is 102 Å². The van der Waals surface area contributed by atoms with Crippen molar-refractivity contribution in [3.63, 3.8) is 0 Å². The Balaban J connectivity index is 1.74. The number of aromatic nitrogens is 1. The van der Waals surface area contributed by atoms with Crippen LogP contribution in [0.2, 0.25) is 0 Å². The van der Waals surface area contributed by atoms with Gasteiger partial charge in [-0.3, -0.25) is 19.5 Å². The number of aromatic hydroxyl groups is 1. The third-order valence-corrected chi connectivity index (χ3v) is 6.49. The minimum atomic E-state index is -4.65. The molecule has 2 amide bonds. The van der Waals surface area contributed by atoms with E-state index >= 15 is 0 Å². The summed E-state index contributed by atoms with van der Waals surface area (Å²) in [6, 6.07) is 19.1. The Morgan fingerprint density at radius 3 is 2.24 bits per heavy atom. The molecule has 6 nitrogen and oxygen atoms in total. The van der Waals surface area contributed by atoms with Gasteiger partial charge in [-0.1, -0.05) is 24.3 Å². The summed E-state index contributed by atoms with van der Waals surface area (Å²) in [6.45, 7) is 1.82. The van der Waals surface area contributed by atoms with Crippen LogP contribution < -0.4 is 9.80 Å². The summed E-state index contributed by atoms with van der Waals surface area (Å²) in [5, 5.41) is 10.5. The number of phenolic OH excluding ortho intramolecular Hbond substituents is 1. The molecule has 1 atom stereocenters. The van der Waals surface area contributed by atoms with Crippen LogP contribution in [-0.2, 0) is 15.8 Å². The lowest BCUT2D eigenvalue weighted by Gasteiger charge is -2.26. The average molecular weight is 518 g/mol. The molecule has 0 aliphatic carbocycles. The molecular formula is C29H22F3N3O3. The number of hydrogen-bond acceptors (Lipinski definition) is 4. The smallest absolute Gasteiger partial charge is 0.416 e. The Morgan fingerprint density at radius 1 is 0.868 bits per heavy atom. The van der Waals surface area contributed by atoms with E-state index < -0.39 is 29.5 Å². The molecule has 0 radical (unpaired) electrons. The van der Waals surface area contributed by atoms with Gasteiger partial charge in [-0.2, -0.15) is 13.2 Å². The van der Waals surface area contributed by atoms with Gasteiger partial charge in [0.05, 0.1) is 16.9 Å². The van der Waals surface area contributed by atoms with E-state index in [0.29, 0.717) is 22.4 Å². The minimum absolute atomic E-state index is 0.0399. The van der Waals surface area contributed by atoms with E-state index in [2.05, 4.69) is 4.98 Å². The standard InChI is InChI=1S/C29H22F3N3O3/c1-2-34-23-10-9-20(29(30,31)32)17-24(23)35(21-6-4-3-5-7-21)28(38)26(27(34)37)19-8-11-25(36)22(16-19)18-12-14-33-15-13-18/h3-17,26,36H,2H2,1H3. The molecule has 0 saturated heterocycles. The Bertz CT molecular complexity index is 1510. The second-order valence-corrected chi connectivity index (χ2v) is 8.74.